The van der Waals surface area contributed by atoms with E-state index in [-0.39, 0.29) is 23.9 Å². The van der Waals surface area contributed by atoms with Crippen LogP contribution in [0.4, 0.5) is 11.4 Å². The molecule has 0 spiro atoms. The first-order valence-electron chi connectivity index (χ1n) is 9.11. The van der Waals surface area contributed by atoms with Crippen LogP contribution in [-0.4, -0.2) is 35.9 Å². The van der Waals surface area contributed by atoms with Crippen LogP contribution in [0.5, 0.6) is 0 Å². The van der Waals surface area contributed by atoms with Crippen LogP contribution in [0.25, 0.3) is 0 Å². The fourth-order valence-corrected chi connectivity index (χ4v) is 4.01. The average Bonchev–Trinajstić information content (AvgIpc) is 2.70. The molecule has 1 unspecified atom stereocenters. The Morgan fingerprint density at radius 1 is 1.07 bits per heavy atom. The molecule has 0 aromatic heterocycles. The molecule has 2 aromatic rings. The summed E-state index contributed by atoms with van der Waals surface area (Å²) in [5.74, 6) is -0.505. The van der Waals surface area contributed by atoms with Gasteiger partial charge in [-0.15, -0.1) is 0 Å². The standard InChI is InChI=1S/C21H22Cl2N2O4S/c1-13(26)24-18(21(28)29-2)10-11-30-19(27)12-14-6-3-4-9-17(14)25-20-15(22)7-5-8-16(20)23/h3-9,18,25H,10-12H2,1-2H3,(H,24,26). The van der Waals surface area contributed by atoms with Crippen LogP contribution in [0.15, 0.2) is 42.5 Å². The molecule has 2 rings (SSSR count). The first-order chi connectivity index (χ1) is 14.3. The van der Waals surface area contributed by atoms with Gasteiger partial charge in [-0.05, 0) is 30.2 Å². The quantitative estimate of drug-likeness (QED) is 0.522. The van der Waals surface area contributed by atoms with Gasteiger partial charge >= 0.3 is 5.97 Å². The van der Waals surface area contributed by atoms with Gasteiger partial charge in [0.15, 0.2) is 5.12 Å². The van der Waals surface area contributed by atoms with Gasteiger partial charge in [-0.2, -0.15) is 0 Å². The van der Waals surface area contributed by atoms with E-state index in [0.29, 0.717) is 21.5 Å². The SMILES string of the molecule is COC(=O)C(CCSC(=O)Cc1ccccc1Nc1c(Cl)cccc1Cl)NC(C)=O. The van der Waals surface area contributed by atoms with Crippen LogP contribution in [0.2, 0.25) is 10.0 Å². The largest absolute Gasteiger partial charge is 0.467 e. The molecule has 6 nitrogen and oxygen atoms in total. The summed E-state index contributed by atoms with van der Waals surface area (Å²) in [6.07, 6.45) is 0.469. The van der Waals surface area contributed by atoms with Gasteiger partial charge in [-0.25, -0.2) is 4.79 Å². The van der Waals surface area contributed by atoms with Crippen molar-refractivity contribution in [3.8, 4) is 0 Å². The monoisotopic (exact) mass is 468 g/mol. The number of thioether (sulfide) groups is 1. The van der Waals surface area contributed by atoms with Crippen molar-refractivity contribution in [3.05, 3.63) is 58.1 Å². The number of rotatable bonds is 9. The number of ether oxygens (including phenoxy) is 1. The Morgan fingerprint density at radius 2 is 1.73 bits per heavy atom. The van der Waals surface area contributed by atoms with Crippen molar-refractivity contribution in [1.82, 2.24) is 5.32 Å². The van der Waals surface area contributed by atoms with Crippen LogP contribution >= 0.6 is 35.0 Å². The van der Waals surface area contributed by atoms with E-state index >= 15 is 0 Å². The number of carbonyl (C=O) groups excluding carboxylic acids is 3. The van der Waals surface area contributed by atoms with Crippen molar-refractivity contribution in [3.63, 3.8) is 0 Å². The Bertz CT molecular complexity index is 903. The second-order valence-corrected chi connectivity index (χ2v) is 8.31. The zero-order valence-electron chi connectivity index (χ0n) is 16.5. The molecule has 2 aromatic carbocycles. The van der Waals surface area contributed by atoms with Gasteiger partial charge in [0, 0.05) is 24.8 Å². The maximum Gasteiger partial charge on any atom is 0.328 e. The molecule has 0 heterocycles. The summed E-state index contributed by atoms with van der Waals surface area (Å²) in [6.45, 7) is 1.32. The molecule has 0 bridgehead atoms. The number of methoxy groups -OCH3 is 1. The molecule has 1 amide bonds. The molecular weight excluding hydrogens is 447 g/mol. The van der Waals surface area contributed by atoms with Gasteiger partial charge in [-0.1, -0.05) is 59.2 Å². The van der Waals surface area contributed by atoms with Crippen molar-refractivity contribution >= 4 is 63.3 Å². The zero-order valence-corrected chi connectivity index (χ0v) is 18.9. The molecule has 2 N–H and O–H groups in total. The second-order valence-electron chi connectivity index (χ2n) is 6.34. The van der Waals surface area contributed by atoms with Crippen molar-refractivity contribution in [2.75, 3.05) is 18.2 Å². The summed E-state index contributed by atoms with van der Waals surface area (Å²) in [5, 5.41) is 6.61. The summed E-state index contributed by atoms with van der Waals surface area (Å²) in [4.78, 5) is 35.4. The third-order valence-electron chi connectivity index (χ3n) is 4.11. The van der Waals surface area contributed by atoms with Crippen LogP contribution in [-0.2, 0) is 25.5 Å². The van der Waals surface area contributed by atoms with Gasteiger partial charge in [0.2, 0.25) is 5.91 Å². The third kappa shape index (κ3) is 7.23. The second kappa shape index (κ2) is 11.8. The van der Waals surface area contributed by atoms with E-state index in [1.165, 1.54) is 14.0 Å². The Labute approximate surface area is 189 Å². The topological polar surface area (TPSA) is 84.5 Å². The molecule has 160 valence electrons. The van der Waals surface area contributed by atoms with Crippen molar-refractivity contribution in [2.24, 2.45) is 0 Å². The third-order valence-corrected chi connectivity index (χ3v) is 5.64. The first kappa shape index (κ1) is 24.1. The molecule has 1 atom stereocenters. The molecule has 0 saturated carbocycles. The highest BCUT2D eigenvalue weighted by atomic mass is 35.5. The lowest BCUT2D eigenvalue weighted by Gasteiger charge is -2.15. The van der Waals surface area contributed by atoms with E-state index in [9.17, 15) is 14.4 Å². The lowest BCUT2D eigenvalue weighted by atomic mass is 10.1. The molecule has 9 heteroatoms. The van der Waals surface area contributed by atoms with Crippen molar-refractivity contribution in [1.29, 1.82) is 0 Å². The van der Waals surface area contributed by atoms with E-state index in [2.05, 4.69) is 15.4 Å². The summed E-state index contributed by atoms with van der Waals surface area (Å²) >= 11 is 13.5. The minimum absolute atomic E-state index is 0.0686. The van der Waals surface area contributed by atoms with E-state index in [1.807, 2.05) is 24.3 Å². The fourth-order valence-electron chi connectivity index (χ4n) is 2.68. The predicted octanol–water partition coefficient (Wildman–Crippen LogP) is 4.61. The smallest absolute Gasteiger partial charge is 0.328 e. The molecule has 30 heavy (non-hydrogen) atoms. The van der Waals surface area contributed by atoms with Gasteiger partial charge in [-0.3, -0.25) is 9.59 Å². The van der Waals surface area contributed by atoms with E-state index in [4.69, 9.17) is 23.2 Å². The number of anilines is 2. The van der Waals surface area contributed by atoms with Crippen molar-refractivity contribution < 1.29 is 19.1 Å². The molecule has 0 radical (unpaired) electrons. The number of hydrogen-bond donors (Lipinski definition) is 2. The predicted molar refractivity (Wildman–Crippen MR) is 122 cm³/mol. The molecule has 0 aliphatic carbocycles. The molecular formula is C21H22Cl2N2O4S. The fraction of sp³-hybridized carbons (Fsp3) is 0.286. The van der Waals surface area contributed by atoms with Crippen LogP contribution in [0.3, 0.4) is 0 Å². The van der Waals surface area contributed by atoms with Gasteiger partial charge in [0.25, 0.3) is 0 Å². The summed E-state index contributed by atoms with van der Waals surface area (Å²) < 4.78 is 4.68. The van der Waals surface area contributed by atoms with Crippen LogP contribution in [0, 0.1) is 0 Å². The normalized spacial score (nSPS) is 11.5. The molecule has 0 aliphatic heterocycles. The molecule has 0 fully saturated rings. The van der Waals surface area contributed by atoms with Gasteiger partial charge in [0.05, 0.1) is 22.8 Å². The average molecular weight is 469 g/mol. The minimum atomic E-state index is -0.774. The number of hydrogen-bond acceptors (Lipinski definition) is 6. The van der Waals surface area contributed by atoms with E-state index in [1.54, 1.807) is 18.2 Å². The summed E-state index contributed by atoms with van der Waals surface area (Å²) in [6, 6.07) is 11.8. The Hall–Kier alpha value is -2.22. The van der Waals surface area contributed by atoms with Crippen LogP contribution in [0.1, 0.15) is 18.9 Å². The lowest BCUT2D eigenvalue weighted by molar-refractivity contribution is -0.144. The maximum absolute atomic E-state index is 12.5. The highest BCUT2D eigenvalue weighted by Crippen LogP contribution is 2.33. The number of amides is 1. The first-order valence-corrected chi connectivity index (χ1v) is 10.9. The highest BCUT2D eigenvalue weighted by Gasteiger charge is 2.20. The van der Waals surface area contributed by atoms with Crippen molar-refractivity contribution in [2.45, 2.75) is 25.8 Å². The number of nitrogens with one attached hydrogen (secondary N) is 2. The number of esters is 1. The summed E-state index contributed by atoms with van der Waals surface area (Å²) in [7, 11) is 1.25. The van der Waals surface area contributed by atoms with Gasteiger partial charge in [0.1, 0.15) is 6.04 Å². The molecule has 0 saturated heterocycles. The lowest BCUT2D eigenvalue weighted by Crippen LogP contribution is -2.40. The summed E-state index contributed by atoms with van der Waals surface area (Å²) in [5.41, 5.74) is 2.09. The van der Waals surface area contributed by atoms with E-state index < -0.39 is 12.0 Å². The van der Waals surface area contributed by atoms with Crippen LogP contribution < -0.4 is 10.6 Å². The maximum atomic E-state index is 12.5. The Balaban J connectivity index is 1.99. The highest BCUT2D eigenvalue weighted by molar-refractivity contribution is 8.13. The zero-order chi connectivity index (χ0) is 22.1. The number of benzene rings is 2. The number of carbonyl (C=O) groups is 3. The number of para-hydroxylation sites is 2. The van der Waals surface area contributed by atoms with E-state index in [0.717, 1.165) is 23.0 Å². The van der Waals surface area contributed by atoms with Gasteiger partial charge < -0.3 is 15.4 Å². The Morgan fingerprint density at radius 3 is 2.37 bits per heavy atom. The minimum Gasteiger partial charge on any atom is -0.467 e. The molecule has 0 aliphatic rings. The number of halogens is 2. The Kier molecular flexibility index (Phi) is 9.49.